The van der Waals surface area contributed by atoms with E-state index in [1.165, 1.54) is 0 Å². The molecule has 31 heavy (non-hydrogen) atoms. The van der Waals surface area contributed by atoms with E-state index < -0.39 is 28.8 Å². The van der Waals surface area contributed by atoms with Gasteiger partial charge in [0.2, 0.25) is 11.7 Å². The molecule has 12 nitrogen and oxygen atoms in total. The SMILES string of the molecule is N#CNC1=NC(c2ccc(OC(F)(F)F)c([N+](=O)[O-])c2)c2c(nc(N)c(C#N)c2N)N1. The Labute approximate surface area is 170 Å². The maximum Gasteiger partial charge on any atom is 0.573 e. The van der Waals surface area contributed by atoms with Gasteiger partial charge in [-0.25, -0.2) is 9.98 Å². The van der Waals surface area contributed by atoms with Gasteiger partial charge in [-0.3, -0.25) is 15.4 Å². The monoisotopic (exact) mass is 433 g/mol. The number of halogens is 3. The normalized spacial score (nSPS) is 14.9. The first-order chi connectivity index (χ1) is 14.6. The number of hydrogen-bond acceptors (Lipinski definition) is 11. The Morgan fingerprint density at radius 2 is 2.03 bits per heavy atom. The second-order valence-electron chi connectivity index (χ2n) is 5.93. The summed E-state index contributed by atoms with van der Waals surface area (Å²) < 4.78 is 41.4. The third kappa shape index (κ3) is 4.01. The Balaban J connectivity index is 2.22. The third-order valence-corrected chi connectivity index (χ3v) is 4.08. The van der Waals surface area contributed by atoms with Gasteiger partial charge in [0, 0.05) is 11.6 Å². The van der Waals surface area contributed by atoms with Crippen molar-refractivity contribution in [3.05, 3.63) is 45.0 Å². The molecule has 0 bridgehead atoms. The summed E-state index contributed by atoms with van der Waals surface area (Å²) >= 11 is 0. The zero-order valence-electron chi connectivity index (χ0n) is 15.1. The van der Waals surface area contributed by atoms with Crippen LogP contribution < -0.4 is 26.8 Å². The van der Waals surface area contributed by atoms with Crippen LogP contribution in [0.15, 0.2) is 23.2 Å². The molecular weight excluding hydrogens is 423 g/mol. The number of nitrogen functional groups attached to an aromatic ring is 2. The van der Waals surface area contributed by atoms with Crippen LogP contribution in [0.5, 0.6) is 5.75 Å². The number of rotatable bonds is 3. The molecule has 0 radical (unpaired) electrons. The number of aliphatic imine (C=N–C) groups is 1. The van der Waals surface area contributed by atoms with Crippen molar-refractivity contribution in [2.75, 3.05) is 16.8 Å². The van der Waals surface area contributed by atoms with Crippen molar-refractivity contribution in [2.45, 2.75) is 12.4 Å². The van der Waals surface area contributed by atoms with Crippen LogP contribution in [-0.4, -0.2) is 22.2 Å². The van der Waals surface area contributed by atoms with Crippen molar-refractivity contribution in [1.29, 1.82) is 10.5 Å². The number of nitriles is 2. The zero-order valence-corrected chi connectivity index (χ0v) is 15.1. The maximum absolute atomic E-state index is 12.6. The summed E-state index contributed by atoms with van der Waals surface area (Å²) in [6.45, 7) is 0. The van der Waals surface area contributed by atoms with Crippen LogP contribution in [0.1, 0.15) is 22.7 Å². The summed E-state index contributed by atoms with van der Waals surface area (Å²) in [4.78, 5) is 18.4. The minimum atomic E-state index is -5.15. The Bertz CT molecular complexity index is 1200. The van der Waals surface area contributed by atoms with E-state index in [-0.39, 0.29) is 40.0 Å². The quantitative estimate of drug-likeness (QED) is 0.239. The summed E-state index contributed by atoms with van der Waals surface area (Å²) in [7, 11) is 0. The summed E-state index contributed by atoms with van der Waals surface area (Å²) in [5, 5.41) is 34.3. The van der Waals surface area contributed by atoms with Crippen molar-refractivity contribution >= 4 is 29.0 Å². The van der Waals surface area contributed by atoms with E-state index in [2.05, 4.69) is 25.3 Å². The minimum Gasteiger partial charge on any atom is -0.398 e. The largest absolute Gasteiger partial charge is 0.573 e. The number of hydrogen-bond donors (Lipinski definition) is 4. The smallest absolute Gasteiger partial charge is 0.398 e. The minimum absolute atomic E-state index is 0.00465. The van der Waals surface area contributed by atoms with Crippen LogP contribution in [0.25, 0.3) is 0 Å². The number of alkyl halides is 3. The molecule has 2 aromatic rings. The molecule has 0 saturated carbocycles. The molecule has 1 aromatic heterocycles. The van der Waals surface area contributed by atoms with E-state index in [0.717, 1.165) is 18.2 Å². The average molecular weight is 433 g/mol. The highest BCUT2D eigenvalue weighted by Gasteiger charge is 2.36. The number of nitrogens with zero attached hydrogens (tertiary/aromatic N) is 5. The van der Waals surface area contributed by atoms with Crippen LogP contribution in [0, 0.1) is 32.9 Å². The predicted octanol–water partition coefficient (Wildman–Crippen LogP) is 1.87. The van der Waals surface area contributed by atoms with E-state index >= 15 is 0 Å². The molecule has 0 fully saturated rings. The zero-order chi connectivity index (χ0) is 22.9. The molecule has 6 N–H and O–H groups in total. The molecule has 1 aromatic carbocycles. The van der Waals surface area contributed by atoms with Crippen molar-refractivity contribution < 1.29 is 22.8 Å². The summed E-state index contributed by atoms with van der Waals surface area (Å²) in [6.07, 6.45) is -3.53. The van der Waals surface area contributed by atoms with Gasteiger partial charge >= 0.3 is 12.0 Å². The van der Waals surface area contributed by atoms with Gasteiger partial charge < -0.3 is 21.5 Å². The first-order valence-electron chi connectivity index (χ1n) is 8.08. The van der Waals surface area contributed by atoms with Crippen LogP contribution in [0.2, 0.25) is 0 Å². The lowest BCUT2D eigenvalue weighted by Crippen LogP contribution is -2.32. The number of benzene rings is 1. The number of pyridine rings is 1. The fourth-order valence-corrected chi connectivity index (χ4v) is 2.88. The van der Waals surface area contributed by atoms with Gasteiger partial charge in [0.15, 0.2) is 6.19 Å². The molecule has 1 aliphatic heterocycles. The van der Waals surface area contributed by atoms with Crippen molar-refractivity contribution in [3.8, 4) is 18.0 Å². The second kappa shape index (κ2) is 7.56. The molecule has 158 valence electrons. The molecule has 2 heterocycles. The van der Waals surface area contributed by atoms with Crippen LogP contribution in [0.3, 0.4) is 0 Å². The van der Waals surface area contributed by atoms with Gasteiger partial charge in [0.05, 0.1) is 10.6 Å². The molecule has 1 aliphatic rings. The third-order valence-electron chi connectivity index (χ3n) is 4.08. The maximum atomic E-state index is 12.6. The fraction of sp³-hybridized carbons (Fsp3) is 0.125. The standard InChI is InChI=1S/C16H10F3N9O3/c17-16(18,19)31-9-2-1-6(3-8(9)28(29)30)12-10-11(22)7(4-20)13(23)26-14(10)27-15(25-12)24-5-21/h1-3,12H,(H6,22,23,24,25,26,27). The topological polar surface area (TPSA) is 201 Å². The van der Waals surface area contributed by atoms with Gasteiger partial charge in [0.1, 0.15) is 29.3 Å². The number of nitrogens with two attached hydrogens (primary N) is 2. The van der Waals surface area contributed by atoms with E-state index in [1.807, 2.05) is 0 Å². The molecule has 0 saturated heterocycles. The first kappa shape index (κ1) is 20.9. The van der Waals surface area contributed by atoms with Gasteiger partial charge in [-0.1, -0.05) is 6.07 Å². The summed E-state index contributed by atoms with van der Waals surface area (Å²) in [6, 6.07) is 3.27. The van der Waals surface area contributed by atoms with Crippen LogP contribution in [-0.2, 0) is 0 Å². The van der Waals surface area contributed by atoms with Crippen molar-refractivity contribution in [2.24, 2.45) is 4.99 Å². The number of anilines is 3. The lowest BCUT2D eigenvalue weighted by atomic mass is 9.94. The summed E-state index contributed by atoms with van der Waals surface area (Å²) in [5.74, 6) is -1.38. The Hall–Kier alpha value is -4.79. The molecule has 0 aliphatic carbocycles. The highest BCUT2D eigenvalue weighted by molar-refractivity contribution is 5.98. The van der Waals surface area contributed by atoms with Crippen molar-refractivity contribution in [3.63, 3.8) is 0 Å². The van der Waals surface area contributed by atoms with Gasteiger partial charge in [-0.15, -0.1) is 13.2 Å². The van der Waals surface area contributed by atoms with Gasteiger partial charge in [0.25, 0.3) is 0 Å². The lowest BCUT2D eigenvalue weighted by molar-refractivity contribution is -0.388. The first-order valence-corrected chi connectivity index (χ1v) is 8.08. The Kier molecular flexibility index (Phi) is 5.10. The van der Waals surface area contributed by atoms with Crippen LogP contribution >= 0.6 is 0 Å². The number of nitrogens with one attached hydrogen (secondary N) is 2. The molecule has 0 spiro atoms. The second-order valence-corrected chi connectivity index (χ2v) is 5.93. The highest BCUT2D eigenvalue weighted by atomic mass is 19.4. The average Bonchev–Trinajstić information content (AvgIpc) is 2.66. The molecule has 3 rings (SSSR count). The van der Waals surface area contributed by atoms with E-state index in [9.17, 15) is 28.5 Å². The number of nitro groups is 1. The lowest BCUT2D eigenvalue weighted by Gasteiger charge is -2.26. The van der Waals surface area contributed by atoms with E-state index in [4.69, 9.17) is 16.7 Å². The van der Waals surface area contributed by atoms with E-state index in [0.29, 0.717) is 0 Å². The Morgan fingerprint density at radius 1 is 1.32 bits per heavy atom. The fourth-order valence-electron chi connectivity index (χ4n) is 2.88. The van der Waals surface area contributed by atoms with E-state index in [1.54, 1.807) is 12.3 Å². The number of guanidine groups is 1. The number of ether oxygens (including phenoxy) is 1. The molecular formula is C16H10F3N9O3. The molecule has 15 heteroatoms. The number of aromatic nitrogens is 1. The molecule has 0 amide bonds. The van der Waals surface area contributed by atoms with Gasteiger partial charge in [-0.2, -0.15) is 10.5 Å². The number of fused-ring (bicyclic) bond motifs is 1. The predicted molar refractivity (Wildman–Crippen MR) is 99.2 cm³/mol. The highest BCUT2D eigenvalue weighted by Crippen LogP contribution is 2.43. The number of nitro benzene ring substituents is 1. The van der Waals surface area contributed by atoms with Crippen molar-refractivity contribution in [1.82, 2.24) is 10.3 Å². The molecule has 1 unspecified atom stereocenters. The summed E-state index contributed by atoms with van der Waals surface area (Å²) in [5.41, 5.74) is 10.5. The Morgan fingerprint density at radius 3 is 2.61 bits per heavy atom. The van der Waals surface area contributed by atoms with Gasteiger partial charge in [-0.05, 0) is 11.6 Å². The molecule has 1 atom stereocenters. The van der Waals surface area contributed by atoms with Crippen LogP contribution in [0.4, 0.5) is 36.2 Å².